The molecule has 1 N–H and O–H groups in total. The van der Waals surface area contributed by atoms with Crippen LogP contribution in [-0.4, -0.2) is 24.0 Å². The van der Waals surface area contributed by atoms with Crippen molar-refractivity contribution in [3.8, 4) is 0 Å². The van der Waals surface area contributed by atoms with Crippen LogP contribution in [0, 0.1) is 5.92 Å². The Morgan fingerprint density at radius 2 is 1.91 bits per heavy atom. The molecule has 0 atom stereocenters. The zero-order valence-electron chi connectivity index (χ0n) is 13.5. The van der Waals surface area contributed by atoms with Crippen molar-refractivity contribution in [3.05, 3.63) is 54.2 Å². The molecule has 0 unspecified atom stereocenters. The predicted molar refractivity (Wildman–Crippen MR) is 93.6 cm³/mol. The number of nitrogens with zero attached hydrogens (tertiary/aromatic N) is 2. The fourth-order valence-corrected chi connectivity index (χ4v) is 3.17. The molecule has 1 amide bonds. The molecule has 3 rings (SSSR count). The molecular weight excluding hydrogens is 286 g/mol. The highest BCUT2D eigenvalue weighted by Gasteiger charge is 2.19. The maximum absolute atomic E-state index is 11.0. The summed E-state index contributed by atoms with van der Waals surface area (Å²) in [4.78, 5) is 17.7. The summed E-state index contributed by atoms with van der Waals surface area (Å²) >= 11 is 0. The van der Waals surface area contributed by atoms with E-state index in [2.05, 4.69) is 45.5 Å². The Balaban J connectivity index is 1.53. The number of amides is 1. The summed E-state index contributed by atoms with van der Waals surface area (Å²) in [6, 6.07) is 14.7. The van der Waals surface area contributed by atoms with Crippen molar-refractivity contribution < 1.29 is 4.79 Å². The largest absolute Gasteiger partial charge is 0.370 e. The Labute approximate surface area is 137 Å². The van der Waals surface area contributed by atoms with E-state index in [0.717, 1.165) is 24.7 Å². The molecule has 0 bridgehead atoms. The van der Waals surface area contributed by atoms with Gasteiger partial charge in [0.1, 0.15) is 5.82 Å². The summed E-state index contributed by atoms with van der Waals surface area (Å²) in [5.74, 6) is 1.28. The Hall–Kier alpha value is -2.36. The van der Waals surface area contributed by atoms with Crippen molar-refractivity contribution in [2.24, 2.45) is 5.92 Å². The molecule has 0 radical (unpaired) electrons. The van der Waals surface area contributed by atoms with Gasteiger partial charge in [0.25, 0.3) is 0 Å². The first-order valence-electron chi connectivity index (χ1n) is 8.23. The molecule has 2 heterocycles. The molecule has 0 aliphatic carbocycles. The van der Waals surface area contributed by atoms with Crippen LogP contribution in [0.4, 0.5) is 11.5 Å². The predicted octanol–water partition coefficient (Wildman–Crippen LogP) is 3.50. The topological polar surface area (TPSA) is 45.2 Å². The van der Waals surface area contributed by atoms with E-state index in [-0.39, 0.29) is 5.91 Å². The minimum absolute atomic E-state index is 0.0908. The van der Waals surface area contributed by atoms with Crippen molar-refractivity contribution >= 4 is 17.4 Å². The van der Waals surface area contributed by atoms with Crippen molar-refractivity contribution in [2.75, 3.05) is 23.3 Å². The molecule has 4 heteroatoms. The number of carbonyl (C=O) groups is 1. The summed E-state index contributed by atoms with van der Waals surface area (Å²) < 4.78 is 0. The SMILES string of the molecule is CC(=O)Nc1ccc(N2CCC(Cc3ccccc3)CC2)cn1. The van der Waals surface area contributed by atoms with Crippen LogP contribution in [0.2, 0.25) is 0 Å². The molecule has 4 nitrogen and oxygen atoms in total. The Morgan fingerprint density at radius 3 is 2.52 bits per heavy atom. The highest BCUT2D eigenvalue weighted by molar-refractivity contribution is 5.87. The summed E-state index contributed by atoms with van der Waals surface area (Å²) in [5, 5.41) is 2.70. The number of piperidine rings is 1. The summed E-state index contributed by atoms with van der Waals surface area (Å²) in [6.45, 7) is 3.63. The Bertz CT molecular complexity index is 631. The molecule has 23 heavy (non-hydrogen) atoms. The van der Waals surface area contributed by atoms with Crippen molar-refractivity contribution in [1.82, 2.24) is 4.98 Å². The molecule has 0 spiro atoms. The van der Waals surface area contributed by atoms with Gasteiger partial charge in [0.05, 0.1) is 11.9 Å². The first-order valence-corrected chi connectivity index (χ1v) is 8.23. The maximum atomic E-state index is 11.0. The normalized spacial score (nSPS) is 15.4. The molecule has 1 saturated heterocycles. The number of nitrogens with one attached hydrogen (secondary N) is 1. The van der Waals surface area contributed by atoms with Gasteiger partial charge in [0, 0.05) is 20.0 Å². The zero-order chi connectivity index (χ0) is 16.1. The fraction of sp³-hybridized carbons (Fsp3) is 0.368. The van der Waals surface area contributed by atoms with Crippen LogP contribution >= 0.6 is 0 Å². The zero-order valence-corrected chi connectivity index (χ0v) is 13.5. The van der Waals surface area contributed by atoms with Crippen molar-refractivity contribution in [2.45, 2.75) is 26.2 Å². The second-order valence-electron chi connectivity index (χ2n) is 6.20. The molecule has 1 fully saturated rings. The van der Waals surface area contributed by atoms with Gasteiger partial charge in [-0.05, 0) is 42.9 Å². The van der Waals surface area contributed by atoms with Gasteiger partial charge in [-0.15, -0.1) is 0 Å². The van der Waals surface area contributed by atoms with Crippen LogP contribution in [-0.2, 0) is 11.2 Å². The van der Waals surface area contributed by atoms with Crippen molar-refractivity contribution in [3.63, 3.8) is 0 Å². The highest BCUT2D eigenvalue weighted by Crippen LogP contribution is 2.25. The second-order valence-corrected chi connectivity index (χ2v) is 6.20. The van der Waals surface area contributed by atoms with Crippen molar-refractivity contribution in [1.29, 1.82) is 0 Å². The monoisotopic (exact) mass is 309 g/mol. The number of pyridine rings is 1. The quantitative estimate of drug-likeness (QED) is 0.940. The number of aromatic nitrogens is 1. The van der Waals surface area contributed by atoms with E-state index in [1.54, 1.807) is 0 Å². The van der Waals surface area contributed by atoms with Crippen LogP contribution in [0.5, 0.6) is 0 Å². The van der Waals surface area contributed by atoms with Gasteiger partial charge in [-0.1, -0.05) is 30.3 Å². The number of carbonyl (C=O) groups excluding carboxylic acids is 1. The highest BCUT2D eigenvalue weighted by atomic mass is 16.1. The van der Waals surface area contributed by atoms with Gasteiger partial charge in [0.2, 0.25) is 5.91 Å². The number of anilines is 2. The average molecular weight is 309 g/mol. The lowest BCUT2D eigenvalue weighted by molar-refractivity contribution is -0.114. The van der Waals surface area contributed by atoms with E-state index in [0.29, 0.717) is 5.82 Å². The first-order chi connectivity index (χ1) is 11.2. The molecule has 1 aliphatic rings. The smallest absolute Gasteiger partial charge is 0.222 e. The van der Waals surface area contributed by atoms with Crippen LogP contribution in [0.25, 0.3) is 0 Å². The minimum Gasteiger partial charge on any atom is -0.370 e. The summed E-state index contributed by atoms with van der Waals surface area (Å²) in [7, 11) is 0. The minimum atomic E-state index is -0.0908. The van der Waals surface area contributed by atoms with Crippen LogP contribution < -0.4 is 10.2 Å². The van der Waals surface area contributed by atoms with Gasteiger partial charge in [-0.2, -0.15) is 0 Å². The van der Waals surface area contributed by atoms with Crippen LogP contribution in [0.1, 0.15) is 25.3 Å². The van der Waals surface area contributed by atoms with Gasteiger partial charge >= 0.3 is 0 Å². The third-order valence-electron chi connectivity index (χ3n) is 4.40. The lowest BCUT2D eigenvalue weighted by Crippen LogP contribution is -2.34. The fourth-order valence-electron chi connectivity index (χ4n) is 3.17. The maximum Gasteiger partial charge on any atom is 0.222 e. The lowest BCUT2D eigenvalue weighted by atomic mass is 9.90. The average Bonchev–Trinajstić information content (AvgIpc) is 2.57. The van der Waals surface area contributed by atoms with Gasteiger partial charge in [0.15, 0.2) is 0 Å². The number of rotatable bonds is 4. The molecule has 120 valence electrons. The van der Waals surface area contributed by atoms with E-state index >= 15 is 0 Å². The molecular formula is C19H23N3O. The molecule has 1 aromatic carbocycles. The number of benzene rings is 1. The van der Waals surface area contributed by atoms with E-state index in [9.17, 15) is 4.79 Å². The van der Waals surface area contributed by atoms with Crippen LogP contribution in [0.15, 0.2) is 48.7 Å². The standard InChI is InChI=1S/C19H23N3O/c1-15(23)21-19-8-7-18(14-20-19)22-11-9-17(10-12-22)13-16-5-3-2-4-6-16/h2-8,14,17H,9-13H2,1H3,(H,20,21,23). The third kappa shape index (κ3) is 4.31. The van der Waals surface area contributed by atoms with E-state index in [1.807, 2.05) is 18.3 Å². The van der Waals surface area contributed by atoms with Crippen LogP contribution in [0.3, 0.4) is 0 Å². The molecule has 2 aromatic rings. The number of hydrogen-bond acceptors (Lipinski definition) is 3. The van der Waals surface area contributed by atoms with Gasteiger partial charge in [-0.3, -0.25) is 4.79 Å². The van der Waals surface area contributed by atoms with E-state index in [1.165, 1.54) is 31.7 Å². The van der Waals surface area contributed by atoms with E-state index in [4.69, 9.17) is 0 Å². The lowest BCUT2D eigenvalue weighted by Gasteiger charge is -2.33. The molecule has 0 saturated carbocycles. The second kappa shape index (κ2) is 7.27. The third-order valence-corrected chi connectivity index (χ3v) is 4.40. The first kappa shape index (κ1) is 15.5. The van der Waals surface area contributed by atoms with Gasteiger partial charge < -0.3 is 10.2 Å². The summed E-state index contributed by atoms with van der Waals surface area (Å²) in [5.41, 5.74) is 2.57. The summed E-state index contributed by atoms with van der Waals surface area (Å²) in [6.07, 6.45) is 5.45. The Kier molecular flexibility index (Phi) is 4.91. The molecule has 1 aromatic heterocycles. The Morgan fingerprint density at radius 1 is 1.17 bits per heavy atom. The molecule has 1 aliphatic heterocycles. The van der Waals surface area contributed by atoms with E-state index < -0.39 is 0 Å². The number of hydrogen-bond donors (Lipinski definition) is 1. The van der Waals surface area contributed by atoms with Gasteiger partial charge in [-0.25, -0.2) is 4.98 Å².